The molecule has 2 N–H and O–H groups in total. The molecule has 0 saturated carbocycles. The van der Waals surface area contributed by atoms with Crippen molar-refractivity contribution < 1.29 is 4.79 Å². The molecule has 0 aliphatic carbocycles. The Hall–Kier alpha value is -3.39. The summed E-state index contributed by atoms with van der Waals surface area (Å²) in [4.78, 5) is 15.8. The number of pyridine rings is 1. The lowest BCUT2D eigenvalue weighted by atomic mass is 10.1. The van der Waals surface area contributed by atoms with Crippen molar-refractivity contribution in [3.05, 3.63) is 59.3 Å². The maximum atomic E-state index is 11.4. The van der Waals surface area contributed by atoms with Crippen LogP contribution in [0.25, 0.3) is 10.9 Å². The molecule has 1 amide bonds. The van der Waals surface area contributed by atoms with E-state index >= 15 is 0 Å². The van der Waals surface area contributed by atoms with Crippen LogP contribution in [0.1, 0.15) is 23.6 Å². The Labute approximate surface area is 146 Å². The molecule has 0 aliphatic rings. The molecule has 2 aromatic carbocycles. The number of carbonyl (C=O) groups excluding carboxylic acids is 1. The van der Waals surface area contributed by atoms with Crippen molar-refractivity contribution >= 4 is 33.9 Å². The summed E-state index contributed by atoms with van der Waals surface area (Å²) in [7, 11) is 0. The van der Waals surface area contributed by atoms with E-state index in [1.807, 2.05) is 50.2 Å². The summed E-state index contributed by atoms with van der Waals surface area (Å²) in [6, 6.07) is 13.9. The third-order valence-electron chi connectivity index (χ3n) is 3.93. The molecule has 25 heavy (non-hydrogen) atoms. The summed E-state index contributed by atoms with van der Waals surface area (Å²) in [6.45, 7) is 5.40. The number of aryl methyl sites for hydroxylation is 2. The van der Waals surface area contributed by atoms with E-state index in [2.05, 4.69) is 21.7 Å². The Morgan fingerprint density at radius 2 is 2.00 bits per heavy atom. The zero-order valence-corrected chi connectivity index (χ0v) is 14.3. The Morgan fingerprint density at radius 3 is 2.68 bits per heavy atom. The fourth-order valence-electron chi connectivity index (χ4n) is 2.75. The highest BCUT2D eigenvalue weighted by Crippen LogP contribution is 2.32. The SMILES string of the molecule is CC(=O)Nc1cc2c(Nc3cccc(C)c3)c(C#N)cnc2cc1C. The second-order valence-electron chi connectivity index (χ2n) is 6.02. The highest BCUT2D eigenvalue weighted by atomic mass is 16.1. The van der Waals surface area contributed by atoms with Gasteiger partial charge >= 0.3 is 0 Å². The zero-order valence-electron chi connectivity index (χ0n) is 14.3. The summed E-state index contributed by atoms with van der Waals surface area (Å²) >= 11 is 0. The lowest BCUT2D eigenvalue weighted by Gasteiger charge is -2.14. The van der Waals surface area contributed by atoms with Crippen molar-refractivity contribution in [1.82, 2.24) is 4.98 Å². The third kappa shape index (κ3) is 3.43. The lowest BCUT2D eigenvalue weighted by molar-refractivity contribution is -0.114. The van der Waals surface area contributed by atoms with Gasteiger partial charge in [0, 0.05) is 29.9 Å². The summed E-state index contributed by atoms with van der Waals surface area (Å²) in [6.07, 6.45) is 1.57. The highest BCUT2D eigenvalue weighted by Gasteiger charge is 2.12. The molecule has 1 heterocycles. The Kier molecular flexibility index (Phi) is 4.36. The van der Waals surface area contributed by atoms with Gasteiger partial charge in [-0.25, -0.2) is 0 Å². The molecule has 0 spiro atoms. The summed E-state index contributed by atoms with van der Waals surface area (Å²) in [5.74, 6) is -0.139. The lowest BCUT2D eigenvalue weighted by Crippen LogP contribution is -2.07. The van der Waals surface area contributed by atoms with Gasteiger partial charge in [0.1, 0.15) is 6.07 Å². The maximum Gasteiger partial charge on any atom is 0.221 e. The number of hydrogen-bond acceptors (Lipinski definition) is 4. The van der Waals surface area contributed by atoms with Crippen molar-refractivity contribution in [3.8, 4) is 6.07 Å². The minimum atomic E-state index is -0.139. The molecule has 0 saturated heterocycles. The number of nitrogens with one attached hydrogen (secondary N) is 2. The van der Waals surface area contributed by atoms with Gasteiger partial charge in [0.25, 0.3) is 0 Å². The van der Waals surface area contributed by atoms with Crippen LogP contribution in [-0.4, -0.2) is 10.9 Å². The smallest absolute Gasteiger partial charge is 0.221 e. The van der Waals surface area contributed by atoms with Crippen molar-refractivity contribution in [3.63, 3.8) is 0 Å². The first-order valence-electron chi connectivity index (χ1n) is 7.92. The van der Waals surface area contributed by atoms with Gasteiger partial charge in [-0.3, -0.25) is 9.78 Å². The number of nitriles is 1. The van der Waals surface area contributed by atoms with E-state index in [1.165, 1.54) is 6.92 Å². The Bertz CT molecular complexity index is 1020. The standard InChI is InChI=1S/C20H18N4O/c1-12-5-4-6-16(7-12)24-20-15(10-21)11-22-19-8-13(2)18(9-17(19)20)23-14(3)25/h4-9,11H,1-3H3,(H,22,24)(H,23,25). The number of aromatic nitrogens is 1. The zero-order chi connectivity index (χ0) is 18.0. The van der Waals surface area contributed by atoms with E-state index < -0.39 is 0 Å². The van der Waals surface area contributed by atoms with Crippen LogP contribution in [0.4, 0.5) is 17.1 Å². The van der Waals surface area contributed by atoms with E-state index in [4.69, 9.17) is 0 Å². The summed E-state index contributed by atoms with van der Waals surface area (Å²) in [5, 5.41) is 16.4. The van der Waals surface area contributed by atoms with Crippen molar-refractivity contribution in [2.24, 2.45) is 0 Å². The summed E-state index contributed by atoms with van der Waals surface area (Å²) in [5.41, 5.74) is 5.55. The van der Waals surface area contributed by atoms with Crippen LogP contribution in [0.15, 0.2) is 42.6 Å². The molecule has 3 aromatic rings. The van der Waals surface area contributed by atoms with Crippen molar-refractivity contribution in [1.29, 1.82) is 5.26 Å². The number of nitrogens with zero attached hydrogens (tertiary/aromatic N) is 2. The van der Waals surface area contributed by atoms with Crippen molar-refractivity contribution in [2.45, 2.75) is 20.8 Å². The quantitative estimate of drug-likeness (QED) is 0.745. The normalized spacial score (nSPS) is 10.3. The molecule has 0 fully saturated rings. The van der Waals surface area contributed by atoms with Crippen LogP contribution in [0.3, 0.4) is 0 Å². The van der Waals surface area contributed by atoms with Gasteiger partial charge in [0.15, 0.2) is 0 Å². The highest BCUT2D eigenvalue weighted by molar-refractivity contribution is 6.00. The van der Waals surface area contributed by atoms with Gasteiger partial charge in [0.05, 0.1) is 16.8 Å². The third-order valence-corrected chi connectivity index (χ3v) is 3.93. The molecule has 124 valence electrons. The molecule has 0 atom stereocenters. The average molecular weight is 330 g/mol. The molecule has 1 aromatic heterocycles. The molecule has 0 bridgehead atoms. The van der Waals surface area contributed by atoms with E-state index in [1.54, 1.807) is 6.20 Å². The number of carbonyl (C=O) groups is 1. The minimum Gasteiger partial charge on any atom is -0.354 e. The predicted molar refractivity (Wildman–Crippen MR) is 100.0 cm³/mol. The van der Waals surface area contributed by atoms with Crippen LogP contribution in [0.5, 0.6) is 0 Å². The first-order valence-corrected chi connectivity index (χ1v) is 7.92. The number of hydrogen-bond donors (Lipinski definition) is 2. The maximum absolute atomic E-state index is 11.4. The van der Waals surface area contributed by atoms with Crippen LogP contribution in [-0.2, 0) is 4.79 Å². The van der Waals surface area contributed by atoms with Gasteiger partial charge in [-0.15, -0.1) is 0 Å². The topological polar surface area (TPSA) is 77.8 Å². The minimum absolute atomic E-state index is 0.139. The number of benzene rings is 2. The Balaban J connectivity index is 2.20. The van der Waals surface area contributed by atoms with Crippen LogP contribution >= 0.6 is 0 Å². The van der Waals surface area contributed by atoms with Crippen LogP contribution < -0.4 is 10.6 Å². The van der Waals surface area contributed by atoms with E-state index in [9.17, 15) is 10.1 Å². The number of rotatable bonds is 3. The molecular weight excluding hydrogens is 312 g/mol. The largest absolute Gasteiger partial charge is 0.354 e. The average Bonchev–Trinajstić information content (AvgIpc) is 2.56. The monoisotopic (exact) mass is 330 g/mol. The van der Waals surface area contributed by atoms with Crippen LogP contribution in [0, 0.1) is 25.2 Å². The number of anilines is 3. The second-order valence-corrected chi connectivity index (χ2v) is 6.02. The molecule has 3 rings (SSSR count). The van der Waals surface area contributed by atoms with E-state index in [0.717, 1.165) is 27.7 Å². The fraction of sp³-hybridized carbons (Fsp3) is 0.150. The molecular formula is C20H18N4O. The summed E-state index contributed by atoms with van der Waals surface area (Å²) < 4.78 is 0. The van der Waals surface area contributed by atoms with E-state index in [0.29, 0.717) is 16.9 Å². The number of amides is 1. The van der Waals surface area contributed by atoms with Crippen molar-refractivity contribution in [2.75, 3.05) is 10.6 Å². The van der Waals surface area contributed by atoms with Gasteiger partial charge in [-0.05, 0) is 49.2 Å². The predicted octanol–water partition coefficient (Wildman–Crippen LogP) is 4.43. The molecule has 5 nitrogen and oxygen atoms in total. The first-order chi connectivity index (χ1) is 12.0. The van der Waals surface area contributed by atoms with Gasteiger partial charge in [-0.1, -0.05) is 12.1 Å². The van der Waals surface area contributed by atoms with Crippen LogP contribution in [0.2, 0.25) is 0 Å². The molecule has 5 heteroatoms. The van der Waals surface area contributed by atoms with Gasteiger partial charge in [0.2, 0.25) is 5.91 Å². The second kappa shape index (κ2) is 6.62. The van der Waals surface area contributed by atoms with Gasteiger partial charge in [-0.2, -0.15) is 5.26 Å². The molecule has 0 aliphatic heterocycles. The first kappa shape index (κ1) is 16.5. The molecule has 0 unspecified atom stereocenters. The molecule has 0 radical (unpaired) electrons. The van der Waals surface area contributed by atoms with Gasteiger partial charge < -0.3 is 10.6 Å². The fourth-order valence-corrected chi connectivity index (χ4v) is 2.75. The number of fused-ring (bicyclic) bond motifs is 1. The Morgan fingerprint density at radius 1 is 1.20 bits per heavy atom. The van der Waals surface area contributed by atoms with E-state index in [-0.39, 0.29) is 5.91 Å².